The Morgan fingerprint density at radius 3 is 2.92 bits per heavy atom. The molecule has 0 aliphatic carbocycles. The van der Waals surface area contributed by atoms with Gasteiger partial charge in [0.05, 0.1) is 6.10 Å². The van der Waals surface area contributed by atoms with Crippen LogP contribution in [0.5, 0.6) is 0 Å². The Hall–Kier alpha value is -0.120. The Bertz CT molecular complexity index is 130. The van der Waals surface area contributed by atoms with Gasteiger partial charge in [0.1, 0.15) is 0 Å². The standard InChI is InChI=1S/C9H19NO2/c1-8(4-6-12-2)10-5-3-9(11)7-10/h8-9,11H,3-7H2,1-2H3. The summed E-state index contributed by atoms with van der Waals surface area (Å²) in [5, 5.41) is 9.30. The SMILES string of the molecule is COCCC(C)N1CCC(O)C1. The fourth-order valence-electron chi connectivity index (χ4n) is 1.64. The van der Waals surface area contributed by atoms with E-state index in [4.69, 9.17) is 4.74 Å². The molecule has 1 saturated heterocycles. The first-order chi connectivity index (χ1) is 5.74. The summed E-state index contributed by atoms with van der Waals surface area (Å²) in [5.74, 6) is 0. The normalized spacial score (nSPS) is 27.8. The first kappa shape index (κ1) is 9.96. The molecule has 0 spiro atoms. The van der Waals surface area contributed by atoms with Gasteiger partial charge in [-0.2, -0.15) is 0 Å². The molecule has 1 heterocycles. The van der Waals surface area contributed by atoms with E-state index in [1.54, 1.807) is 7.11 Å². The summed E-state index contributed by atoms with van der Waals surface area (Å²) in [5.41, 5.74) is 0. The number of hydrogen-bond donors (Lipinski definition) is 1. The van der Waals surface area contributed by atoms with Crippen molar-refractivity contribution in [2.24, 2.45) is 0 Å². The summed E-state index contributed by atoms with van der Waals surface area (Å²) in [6, 6.07) is 0.544. The summed E-state index contributed by atoms with van der Waals surface area (Å²) in [6.07, 6.45) is 1.88. The van der Waals surface area contributed by atoms with E-state index >= 15 is 0 Å². The van der Waals surface area contributed by atoms with Crippen LogP contribution in [0.2, 0.25) is 0 Å². The van der Waals surface area contributed by atoms with Gasteiger partial charge >= 0.3 is 0 Å². The molecule has 0 radical (unpaired) electrons. The highest BCUT2D eigenvalue weighted by Crippen LogP contribution is 2.14. The quantitative estimate of drug-likeness (QED) is 0.671. The van der Waals surface area contributed by atoms with Crippen LogP contribution in [0.15, 0.2) is 0 Å². The number of aliphatic hydroxyl groups excluding tert-OH is 1. The van der Waals surface area contributed by atoms with E-state index in [1.807, 2.05) is 0 Å². The highest BCUT2D eigenvalue weighted by atomic mass is 16.5. The van der Waals surface area contributed by atoms with E-state index < -0.39 is 0 Å². The van der Waals surface area contributed by atoms with Crippen LogP contribution in [0, 0.1) is 0 Å². The van der Waals surface area contributed by atoms with Gasteiger partial charge in [-0.15, -0.1) is 0 Å². The van der Waals surface area contributed by atoms with Crippen molar-refractivity contribution in [2.45, 2.75) is 31.9 Å². The molecule has 3 nitrogen and oxygen atoms in total. The molecule has 2 atom stereocenters. The third-order valence-corrected chi connectivity index (χ3v) is 2.56. The maximum atomic E-state index is 9.30. The molecule has 12 heavy (non-hydrogen) atoms. The highest BCUT2D eigenvalue weighted by Gasteiger charge is 2.23. The number of ether oxygens (including phenoxy) is 1. The van der Waals surface area contributed by atoms with Gasteiger partial charge in [0.2, 0.25) is 0 Å². The second-order valence-electron chi connectivity index (χ2n) is 3.57. The molecular weight excluding hydrogens is 154 g/mol. The summed E-state index contributed by atoms with van der Waals surface area (Å²) >= 11 is 0. The molecule has 0 bridgehead atoms. The third-order valence-electron chi connectivity index (χ3n) is 2.56. The zero-order chi connectivity index (χ0) is 8.97. The fourth-order valence-corrected chi connectivity index (χ4v) is 1.64. The van der Waals surface area contributed by atoms with Gasteiger partial charge in [-0.3, -0.25) is 4.90 Å². The van der Waals surface area contributed by atoms with Crippen molar-refractivity contribution < 1.29 is 9.84 Å². The van der Waals surface area contributed by atoms with Gasteiger partial charge in [0.25, 0.3) is 0 Å². The highest BCUT2D eigenvalue weighted by molar-refractivity contribution is 4.78. The van der Waals surface area contributed by atoms with Crippen LogP contribution in [-0.2, 0) is 4.74 Å². The van der Waals surface area contributed by atoms with Gasteiger partial charge in [-0.1, -0.05) is 0 Å². The van der Waals surface area contributed by atoms with Crippen LogP contribution in [-0.4, -0.2) is 49.0 Å². The molecule has 72 valence electrons. The van der Waals surface area contributed by atoms with Crippen molar-refractivity contribution in [1.29, 1.82) is 0 Å². The average Bonchev–Trinajstić information content (AvgIpc) is 2.47. The molecule has 0 aromatic carbocycles. The molecule has 1 N–H and O–H groups in total. The lowest BCUT2D eigenvalue weighted by atomic mass is 10.2. The summed E-state index contributed by atoms with van der Waals surface area (Å²) in [7, 11) is 1.73. The number of hydrogen-bond acceptors (Lipinski definition) is 3. The van der Waals surface area contributed by atoms with Crippen molar-refractivity contribution in [3.8, 4) is 0 Å². The Labute approximate surface area is 74.3 Å². The van der Waals surface area contributed by atoms with Gasteiger partial charge in [-0.05, 0) is 19.8 Å². The fraction of sp³-hybridized carbons (Fsp3) is 1.00. The molecular formula is C9H19NO2. The van der Waals surface area contributed by atoms with Crippen molar-refractivity contribution in [2.75, 3.05) is 26.8 Å². The second-order valence-corrected chi connectivity index (χ2v) is 3.57. The monoisotopic (exact) mass is 173 g/mol. The zero-order valence-corrected chi connectivity index (χ0v) is 7.99. The lowest BCUT2D eigenvalue weighted by Crippen LogP contribution is -2.32. The van der Waals surface area contributed by atoms with Crippen LogP contribution in [0.1, 0.15) is 19.8 Å². The molecule has 1 aliphatic rings. The maximum absolute atomic E-state index is 9.30. The Balaban J connectivity index is 2.18. The predicted octanol–water partition coefficient (Wildman–Crippen LogP) is 0.478. The minimum absolute atomic E-state index is 0.102. The van der Waals surface area contributed by atoms with Crippen molar-refractivity contribution in [3.63, 3.8) is 0 Å². The lowest BCUT2D eigenvalue weighted by Gasteiger charge is -2.23. The summed E-state index contributed by atoms with van der Waals surface area (Å²) in [4.78, 5) is 2.32. The first-order valence-corrected chi connectivity index (χ1v) is 4.65. The van der Waals surface area contributed by atoms with Crippen LogP contribution in [0.4, 0.5) is 0 Å². The zero-order valence-electron chi connectivity index (χ0n) is 7.99. The molecule has 0 aromatic heterocycles. The molecule has 3 heteroatoms. The Morgan fingerprint density at radius 1 is 1.67 bits per heavy atom. The van der Waals surface area contributed by atoms with E-state index in [0.29, 0.717) is 6.04 Å². The van der Waals surface area contributed by atoms with Gasteiger partial charge in [0.15, 0.2) is 0 Å². The maximum Gasteiger partial charge on any atom is 0.0679 e. The van der Waals surface area contributed by atoms with Crippen LogP contribution in [0.3, 0.4) is 0 Å². The molecule has 0 saturated carbocycles. The number of rotatable bonds is 4. The molecule has 0 amide bonds. The van der Waals surface area contributed by atoms with Crippen LogP contribution < -0.4 is 0 Å². The average molecular weight is 173 g/mol. The second kappa shape index (κ2) is 4.80. The van der Waals surface area contributed by atoms with E-state index in [0.717, 1.165) is 32.5 Å². The van der Waals surface area contributed by atoms with Crippen molar-refractivity contribution in [1.82, 2.24) is 4.90 Å². The van der Waals surface area contributed by atoms with E-state index in [9.17, 15) is 5.11 Å². The van der Waals surface area contributed by atoms with E-state index in [2.05, 4.69) is 11.8 Å². The van der Waals surface area contributed by atoms with Crippen molar-refractivity contribution >= 4 is 0 Å². The molecule has 1 aliphatic heterocycles. The Morgan fingerprint density at radius 2 is 2.42 bits per heavy atom. The number of β-amino-alcohol motifs (C(OH)–C–C–N with tert-alkyl or cyclic N) is 1. The van der Waals surface area contributed by atoms with Crippen LogP contribution in [0.25, 0.3) is 0 Å². The summed E-state index contributed by atoms with van der Waals surface area (Å²) in [6.45, 7) is 4.88. The topological polar surface area (TPSA) is 32.7 Å². The largest absolute Gasteiger partial charge is 0.392 e. The van der Waals surface area contributed by atoms with E-state index in [1.165, 1.54) is 0 Å². The minimum Gasteiger partial charge on any atom is -0.392 e. The minimum atomic E-state index is -0.102. The molecule has 1 fully saturated rings. The molecule has 1 rings (SSSR count). The number of nitrogens with zero attached hydrogens (tertiary/aromatic N) is 1. The Kier molecular flexibility index (Phi) is 3.98. The van der Waals surface area contributed by atoms with Gasteiger partial charge in [0, 0.05) is 32.8 Å². The first-order valence-electron chi connectivity index (χ1n) is 4.65. The van der Waals surface area contributed by atoms with Gasteiger partial charge < -0.3 is 9.84 Å². The molecule has 0 aromatic rings. The lowest BCUT2D eigenvalue weighted by molar-refractivity contribution is 0.133. The summed E-state index contributed by atoms with van der Waals surface area (Å²) < 4.78 is 5.01. The number of likely N-dealkylation sites (tertiary alicyclic amines) is 1. The van der Waals surface area contributed by atoms with E-state index in [-0.39, 0.29) is 6.10 Å². The smallest absolute Gasteiger partial charge is 0.0679 e. The predicted molar refractivity (Wildman–Crippen MR) is 48.2 cm³/mol. The number of methoxy groups -OCH3 is 1. The van der Waals surface area contributed by atoms with Crippen LogP contribution >= 0.6 is 0 Å². The van der Waals surface area contributed by atoms with Crippen molar-refractivity contribution in [3.05, 3.63) is 0 Å². The number of aliphatic hydroxyl groups is 1. The third kappa shape index (κ3) is 2.73. The molecule has 2 unspecified atom stereocenters. The van der Waals surface area contributed by atoms with Gasteiger partial charge in [-0.25, -0.2) is 0 Å².